The molecule has 2 aliphatic rings. The van der Waals surface area contributed by atoms with Gasteiger partial charge in [-0.05, 0) is 26.0 Å². The zero-order chi connectivity index (χ0) is 24.1. The van der Waals surface area contributed by atoms with Crippen molar-refractivity contribution in [2.24, 2.45) is 0 Å². The highest BCUT2D eigenvalue weighted by atomic mass is 19.1. The molecule has 0 aliphatic carbocycles. The Balaban J connectivity index is 1.33. The Hall–Kier alpha value is -3.60. The SMILES string of the molecule is CNC(=O)c1ccc(N2CCN(Cc3cn4nc(C)c5c4c(c3F)NC(=O)C5C)CC2)c(F)n1. The molecule has 2 N–H and O–H groups in total. The minimum atomic E-state index is -0.694. The summed E-state index contributed by atoms with van der Waals surface area (Å²) in [4.78, 5) is 31.7. The predicted molar refractivity (Wildman–Crippen MR) is 122 cm³/mol. The highest BCUT2D eigenvalue weighted by Gasteiger charge is 2.32. The number of hydrogen-bond acceptors (Lipinski definition) is 6. The van der Waals surface area contributed by atoms with Crippen LogP contribution >= 0.6 is 0 Å². The summed E-state index contributed by atoms with van der Waals surface area (Å²) in [5.74, 6) is -2.22. The molecule has 34 heavy (non-hydrogen) atoms. The van der Waals surface area contributed by atoms with Crippen LogP contribution in [0.5, 0.6) is 0 Å². The number of piperazine rings is 1. The van der Waals surface area contributed by atoms with E-state index in [1.165, 1.54) is 13.1 Å². The zero-order valence-corrected chi connectivity index (χ0v) is 19.2. The largest absolute Gasteiger partial charge is 0.365 e. The van der Waals surface area contributed by atoms with Crippen molar-refractivity contribution < 1.29 is 18.4 Å². The first-order valence-corrected chi connectivity index (χ1v) is 11.2. The number of nitrogens with one attached hydrogen (secondary N) is 2. The van der Waals surface area contributed by atoms with Crippen LogP contribution in [-0.4, -0.2) is 64.5 Å². The monoisotopic (exact) mass is 469 g/mol. The maximum absolute atomic E-state index is 15.4. The summed E-state index contributed by atoms with van der Waals surface area (Å²) in [5, 5.41) is 9.64. The summed E-state index contributed by atoms with van der Waals surface area (Å²) in [6, 6.07) is 3.05. The van der Waals surface area contributed by atoms with E-state index in [0.717, 1.165) is 5.56 Å². The number of carbonyl (C=O) groups excluding carboxylic acids is 2. The van der Waals surface area contributed by atoms with E-state index in [1.54, 1.807) is 23.7 Å². The minimum absolute atomic E-state index is 0.0238. The number of amides is 2. The highest BCUT2D eigenvalue weighted by molar-refractivity contribution is 6.05. The number of carbonyl (C=O) groups is 2. The lowest BCUT2D eigenvalue weighted by Crippen LogP contribution is -2.46. The van der Waals surface area contributed by atoms with Crippen LogP contribution in [0.1, 0.15) is 40.2 Å². The lowest BCUT2D eigenvalue weighted by atomic mass is 9.94. The molecule has 5 heterocycles. The van der Waals surface area contributed by atoms with E-state index in [1.807, 2.05) is 11.8 Å². The molecule has 1 unspecified atom stereocenters. The van der Waals surface area contributed by atoms with Crippen LogP contribution in [0.3, 0.4) is 0 Å². The van der Waals surface area contributed by atoms with E-state index in [0.29, 0.717) is 55.2 Å². The Morgan fingerprint density at radius 1 is 1.24 bits per heavy atom. The Kier molecular flexibility index (Phi) is 5.43. The van der Waals surface area contributed by atoms with Gasteiger partial charge in [-0.25, -0.2) is 13.9 Å². The van der Waals surface area contributed by atoms with Crippen LogP contribution in [0.4, 0.5) is 20.2 Å². The number of halogens is 2. The summed E-state index contributed by atoms with van der Waals surface area (Å²) in [6.45, 7) is 6.15. The first kappa shape index (κ1) is 22.2. The molecule has 0 aromatic carbocycles. The van der Waals surface area contributed by atoms with E-state index in [-0.39, 0.29) is 23.2 Å². The first-order valence-electron chi connectivity index (χ1n) is 11.2. The maximum Gasteiger partial charge on any atom is 0.269 e. The van der Waals surface area contributed by atoms with Crippen molar-refractivity contribution >= 4 is 28.7 Å². The second-order valence-electron chi connectivity index (χ2n) is 8.70. The fraction of sp³-hybridized carbons (Fsp3) is 0.391. The Morgan fingerprint density at radius 2 is 1.97 bits per heavy atom. The molecule has 178 valence electrons. The molecule has 3 aromatic heterocycles. The quantitative estimate of drug-likeness (QED) is 0.568. The third kappa shape index (κ3) is 3.56. The van der Waals surface area contributed by atoms with Gasteiger partial charge >= 0.3 is 0 Å². The maximum atomic E-state index is 15.4. The zero-order valence-electron chi connectivity index (χ0n) is 19.2. The molecule has 11 heteroatoms. The van der Waals surface area contributed by atoms with Gasteiger partial charge in [0.15, 0.2) is 5.82 Å². The van der Waals surface area contributed by atoms with Crippen molar-refractivity contribution in [1.29, 1.82) is 0 Å². The van der Waals surface area contributed by atoms with Gasteiger partial charge in [0, 0.05) is 57.1 Å². The van der Waals surface area contributed by atoms with E-state index >= 15 is 4.39 Å². The van der Waals surface area contributed by atoms with Crippen molar-refractivity contribution in [2.75, 3.05) is 43.4 Å². The van der Waals surface area contributed by atoms with Crippen LogP contribution in [0.15, 0.2) is 18.3 Å². The Labute approximate surface area is 194 Å². The summed E-state index contributed by atoms with van der Waals surface area (Å²) in [6.07, 6.45) is 1.68. The van der Waals surface area contributed by atoms with Crippen molar-refractivity contribution in [2.45, 2.75) is 26.3 Å². The molecule has 2 aliphatic heterocycles. The van der Waals surface area contributed by atoms with Crippen LogP contribution < -0.4 is 15.5 Å². The summed E-state index contributed by atoms with van der Waals surface area (Å²) in [7, 11) is 1.46. The fourth-order valence-corrected chi connectivity index (χ4v) is 4.78. The van der Waals surface area contributed by atoms with Gasteiger partial charge in [0.05, 0.1) is 22.8 Å². The fourth-order valence-electron chi connectivity index (χ4n) is 4.78. The minimum Gasteiger partial charge on any atom is -0.365 e. The number of pyridine rings is 2. The van der Waals surface area contributed by atoms with Gasteiger partial charge in [-0.3, -0.25) is 14.5 Å². The van der Waals surface area contributed by atoms with Gasteiger partial charge in [-0.15, -0.1) is 0 Å². The number of aromatic nitrogens is 3. The smallest absolute Gasteiger partial charge is 0.269 e. The van der Waals surface area contributed by atoms with Crippen molar-refractivity contribution in [3.8, 4) is 0 Å². The van der Waals surface area contributed by atoms with E-state index < -0.39 is 17.7 Å². The van der Waals surface area contributed by atoms with E-state index in [4.69, 9.17) is 0 Å². The topological polar surface area (TPSA) is 94.9 Å². The molecule has 1 saturated heterocycles. The van der Waals surface area contributed by atoms with Crippen molar-refractivity contribution in [3.63, 3.8) is 0 Å². The standard InChI is InChI=1S/C23H25F2N7O2/c1-12-17-13(2)29-32-11-14(18(24)19(20(17)32)28-22(12)33)10-30-6-8-31(9-7-30)16-5-4-15(23(34)26-3)27-21(16)25/h4-5,11-12H,6-10H2,1-3H3,(H,26,34)(H,28,33). The van der Waals surface area contributed by atoms with Gasteiger partial charge in [0.2, 0.25) is 11.9 Å². The Bertz CT molecular complexity index is 1310. The molecule has 0 saturated carbocycles. The first-order chi connectivity index (χ1) is 16.3. The van der Waals surface area contributed by atoms with Gasteiger partial charge < -0.3 is 15.5 Å². The third-order valence-corrected chi connectivity index (χ3v) is 6.62. The summed E-state index contributed by atoms with van der Waals surface area (Å²) in [5.41, 5.74) is 3.06. The third-order valence-electron chi connectivity index (χ3n) is 6.62. The molecule has 1 atom stereocenters. The number of anilines is 2. The van der Waals surface area contributed by atoms with Crippen LogP contribution in [-0.2, 0) is 11.3 Å². The number of hydrogen-bond donors (Lipinski definition) is 2. The molecule has 3 aromatic rings. The second-order valence-corrected chi connectivity index (χ2v) is 8.70. The number of rotatable bonds is 4. The molecule has 0 spiro atoms. The molecule has 0 radical (unpaired) electrons. The molecular formula is C23H25F2N7O2. The summed E-state index contributed by atoms with van der Waals surface area (Å²) >= 11 is 0. The van der Waals surface area contributed by atoms with Crippen molar-refractivity contribution in [3.05, 3.63) is 52.6 Å². The molecular weight excluding hydrogens is 444 g/mol. The van der Waals surface area contributed by atoms with Gasteiger partial charge in [0.25, 0.3) is 5.91 Å². The van der Waals surface area contributed by atoms with Crippen LogP contribution in [0, 0.1) is 18.7 Å². The molecule has 1 fully saturated rings. The van der Waals surface area contributed by atoms with Gasteiger partial charge in [0.1, 0.15) is 11.4 Å². The van der Waals surface area contributed by atoms with Crippen LogP contribution in [0.2, 0.25) is 0 Å². The number of aryl methyl sites for hydroxylation is 1. The summed E-state index contributed by atoms with van der Waals surface area (Å²) < 4.78 is 31.6. The van der Waals surface area contributed by atoms with Crippen LogP contribution in [0.25, 0.3) is 5.52 Å². The number of nitrogens with zero attached hydrogens (tertiary/aromatic N) is 5. The molecule has 2 amide bonds. The van der Waals surface area contributed by atoms with Crippen molar-refractivity contribution in [1.82, 2.24) is 24.8 Å². The van der Waals surface area contributed by atoms with E-state index in [2.05, 4.69) is 25.6 Å². The molecule has 9 nitrogen and oxygen atoms in total. The lowest BCUT2D eigenvalue weighted by Gasteiger charge is -2.36. The van der Waals surface area contributed by atoms with Gasteiger partial charge in [-0.2, -0.15) is 9.49 Å². The average molecular weight is 469 g/mol. The Morgan fingerprint density at radius 3 is 2.65 bits per heavy atom. The molecule has 5 rings (SSSR count). The normalized spacial score (nSPS) is 18.3. The van der Waals surface area contributed by atoms with E-state index in [9.17, 15) is 14.0 Å². The van der Waals surface area contributed by atoms with Gasteiger partial charge in [-0.1, -0.05) is 0 Å². The second kappa shape index (κ2) is 8.32. The predicted octanol–water partition coefficient (Wildman–Crippen LogP) is 2.05. The average Bonchev–Trinajstić information content (AvgIpc) is 3.16. The lowest BCUT2D eigenvalue weighted by molar-refractivity contribution is -0.117. The molecule has 0 bridgehead atoms. The highest BCUT2D eigenvalue weighted by Crippen LogP contribution is 2.37.